The van der Waals surface area contributed by atoms with Crippen molar-refractivity contribution in [3.05, 3.63) is 87.1 Å². The molecule has 0 saturated carbocycles. The molecule has 9 nitrogen and oxygen atoms in total. The number of nitro groups is 1. The lowest BCUT2D eigenvalue weighted by Gasteiger charge is -2.10. The Kier molecular flexibility index (Phi) is 6.05. The van der Waals surface area contributed by atoms with Gasteiger partial charge in [-0.2, -0.15) is 0 Å². The molecule has 1 N–H and O–H groups in total. The number of non-ortho nitro benzene ring substituents is 1. The first-order valence-corrected chi connectivity index (χ1v) is 10.1. The number of pyridine rings is 1. The summed E-state index contributed by atoms with van der Waals surface area (Å²) in [6, 6.07) is 15.8. The average Bonchev–Trinajstić information content (AvgIpc) is 3.24. The zero-order chi connectivity index (χ0) is 23.5. The minimum Gasteiger partial charge on any atom is -0.460 e. The quantitative estimate of drug-likeness (QED) is 0.237. The number of ether oxygens (including phenoxy) is 1. The number of nitrogens with zero attached hydrogens (tertiary/aromatic N) is 2. The fourth-order valence-corrected chi connectivity index (χ4v) is 3.38. The molecule has 4 aromatic rings. The number of anilines is 1. The number of halogens is 1. The van der Waals surface area contributed by atoms with Gasteiger partial charge in [-0.05, 0) is 37.3 Å². The number of carbonyl (C=O) groups is 2. The molecule has 10 heteroatoms. The van der Waals surface area contributed by atoms with E-state index in [0.29, 0.717) is 28.1 Å². The monoisotopic (exact) mass is 465 g/mol. The number of amides is 1. The molecule has 0 saturated heterocycles. The first kappa shape index (κ1) is 22.0. The van der Waals surface area contributed by atoms with E-state index in [2.05, 4.69) is 10.3 Å². The number of nitro benzene ring substituents is 1. The van der Waals surface area contributed by atoms with Gasteiger partial charge in [0.05, 0.1) is 26.7 Å². The molecule has 2 heterocycles. The van der Waals surface area contributed by atoms with Gasteiger partial charge in [0.25, 0.3) is 11.6 Å². The first-order valence-electron chi connectivity index (χ1n) is 9.69. The summed E-state index contributed by atoms with van der Waals surface area (Å²) >= 11 is 5.98. The number of carbonyl (C=O) groups excluding carboxylic acids is 2. The number of rotatable bonds is 6. The zero-order valence-corrected chi connectivity index (χ0v) is 18.0. The molecule has 2 aromatic heterocycles. The molecule has 166 valence electrons. The van der Waals surface area contributed by atoms with Gasteiger partial charge in [0.1, 0.15) is 11.5 Å². The first-order chi connectivity index (χ1) is 15.8. The van der Waals surface area contributed by atoms with Crippen molar-refractivity contribution in [3.63, 3.8) is 0 Å². The summed E-state index contributed by atoms with van der Waals surface area (Å²) in [4.78, 5) is 39.8. The topological polar surface area (TPSA) is 125 Å². The van der Waals surface area contributed by atoms with Crippen molar-refractivity contribution in [2.24, 2.45) is 0 Å². The predicted octanol–water partition coefficient (Wildman–Crippen LogP) is 5.16. The van der Waals surface area contributed by atoms with E-state index in [1.165, 1.54) is 12.1 Å². The molecule has 2 aromatic carbocycles. The van der Waals surface area contributed by atoms with E-state index in [4.69, 9.17) is 20.8 Å². The summed E-state index contributed by atoms with van der Waals surface area (Å²) in [5.41, 5.74) is 1.20. The SMILES string of the molecule is Cc1ccc(-c2cc(C(=O)OCC(=O)Nc3ccc([N+](=O)[O-])cc3Cl)c3ccccc3n2)o1. The van der Waals surface area contributed by atoms with E-state index in [0.717, 1.165) is 6.07 Å². The maximum Gasteiger partial charge on any atom is 0.339 e. The molecule has 0 aliphatic rings. The minimum atomic E-state index is -0.719. The smallest absolute Gasteiger partial charge is 0.339 e. The van der Waals surface area contributed by atoms with Crippen LogP contribution >= 0.6 is 11.6 Å². The van der Waals surface area contributed by atoms with Crippen LogP contribution in [0.2, 0.25) is 5.02 Å². The van der Waals surface area contributed by atoms with E-state index in [1.54, 1.807) is 49.4 Å². The molecule has 0 spiro atoms. The van der Waals surface area contributed by atoms with Crippen molar-refractivity contribution in [1.82, 2.24) is 4.98 Å². The molecule has 0 unspecified atom stereocenters. The van der Waals surface area contributed by atoms with Crippen molar-refractivity contribution in [3.8, 4) is 11.5 Å². The van der Waals surface area contributed by atoms with Gasteiger partial charge >= 0.3 is 5.97 Å². The van der Waals surface area contributed by atoms with Gasteiger partial charge < -0.3 is 14.5 Å². The Morgan fingerprint density at radius 3 is 2.64 bits per heavy atom. The maximum atomic E-state index is 12.8. The Balaban J connectivity index is 1.52. The maximum absolute atomic E-state index is 12.8. The summed E-state index contributed by atoms with van der Waals surface area (Å²) in [6.45, 7) is 1.22. The van der Waals surface area contributed by atoms with Crippen LogP contribution < -0.4 is 5.32 Å². The highest BCUT2D eigenvalue weighted by atomic mass is 35.5. The van der Waals surface area contributed by atoms with Crippen molar-refractivity contribution in [1.29, 1.82) is 0 Å². The highest BCUT2D eigenvalue weighted by Crippen LogP contribution is 2.28. The molecule has 0 bridgehead atoms. The Hall–Kier alpha value is -4.24. The fraction of sp³-hybridized carbons (Fsp3) is 0.0870. The van der Waals surface area contributed by atoms with Gasteiger partial charge in [0.2, 0.25) is 0 Å². The van der Waals surface area contributed by atoms with Gasteiger partial charge in [0.15, 0.2) is 12.4 Å². The van der Waals surface area contributed by atoms with Crippen molar-refractivity contribution in [2.75, 3.05) is 11.9 Å². The fourth-order valence-electron chi connectivity index (χ4n) is 3.16. The Bertz CT molecular complexity index is 1400. The summed E-state index contributed by atoms with van der Waals surface area (Å²) in [5, 5.41) is 13.8. The van der Waals surface area contributed by atoms with Gasteiger partial charge in [-0.3, -0.25) is 14.9 Å². The number of hydrogen-bond acceptors (Lipinski definition) is 7. The number of benzene rings is 2. The van der Waals surface area contributed by atoms with Crippen LogP contribution in [0.1, 0.15) is 16.1 Å². The van der Waals surface area contributed by atoms with Gasteiger partial charge in [-0.15, -0.1) is 0 Å². The summed E-state index contributed by atoms with van der Waals surface area (Å²) in [6.07, 6.45) is 0. The normalized spacial score (nSPS) is 10.7. The third kappa shape index (κ3) is 4.83. The lowest BCUT2D eigenvalue weighted by molar-refractivity contribution is -0.384. The van der Waals surface area contributed by atoms with E-state index in [1.807, 2.05) is 0 Å². The number of nitrogens with one attached hydrogen (secondary N) is 1. The number of fused-ring (bicyclic) bond motifs is 1. The number of para-hydroxylation sites is 1. The third-order valence-corrected chi connectivity index (χ3v) is 5.01. The molecular weight excluding hydrogens is 450 g/mol. The van der Waals surface area contributed by atoms with Crippen LogP contribution in [-0.2, 0) is 9.53 Å². The second-order valence-electron chi connectivity index (χ2n) is 7.03. The average molecular weight is 466 g/mol. The van der Waals surface area contributed by atoms with Crippen molar-refractivity contribution < 1.29 is 23.7 Å². The zero-order valence-electron chi connectivity index (χ0n) is 17.2. The number of hydrogen-bond donors (Lipinski definition) is 1. The van der Waals surface area contributed by atoms with Crippen LogP contribution in [0.4, 0.5) is 11.4 Å². The Morgan fingerprint density at radius 1 is 1.15 bits per heavy atom. The third-order valence-electron chi connectivity index (χ3n) is 4.70. The van der Waals surface area contributed by atoms with Crippen LogP contribution in [0, 0.1) is 17.0 Å². The molecule has 0 radical (unpaired) electrons. The number of aromatic nitrogens is 1. The van der Waals surface area contributed by atoms with Crippen LogP contribution in [-0.4, -0.2) is 28.4 Å². The van der Waals surface area contributed by atoms with Crippen LogP contribution in [0.3, 0.4) is 0 Å². The Labute approximate surface area is 192 Å². The van der Waals surface area contributed by atoms with E-state index < -0.39 is 23.4 Å². The van der Waals surface area contributed by atoms with Crippen LogP contribution in [0.5, 0.6) is 0 Å². The van der Waals surface area contributed by atoms with Gasteiger partial charge in [-0.25, -0.2) is 9.78 Å². The van der Waals surface area contributed by atoms with Crippen molar-refractivity contribution >= 4 is 45.8 Å². The summed E-state index contributed by atoms with van der Waals surface area (Å²) in [7, 11) is 0. The van der Waals surface area contributed by atoms with Gasteiger partial charge in [0, 0.05) is 17.5 Å². The molecule has 0 fully saturated rings. The molecular formula is C23H16ClN3O6. The molecule has 0 atom stereocenters. The highest BCUT2D eigenvalue weighted by Gasteiger charge is 2.18. The standard InChI is InChI=1S/C23H16ClN3O6/c1-13-6-9-21(33-13)20-11-16(15-4-2-3-5-18(15)25-20)23(29)32-12-22(28)26-19-8-7-14(27(30)31)10-17(19)24/h2-11H,12H2,1H3,(H,26,28). The molecule has 0 aliphatic carbocycles. The molecule has 4 rings (SSSR count). The van der Waals surface area contributed by atoms with E-state index >= 15 is 0 Å². The second-order valence-corrected chi connectivity index (χ2v) is 7.44. The van der Waals surface area contributed by atoms with E-state index in [-0.39, 0.29) is 22.0 Å². The lowest BCUT2D eigenvalue weighted by Crippen LogP contribution is -2.21. The number of esters is 1. The predicted molar refractivity (Wildman–Crippen MR) is 121 cm³/mol. The lowest BCUT2D eigenvalue weighted by atomic mass is 10.1. The summed E-state index contributed by atoms with van der Waals surface area (Å²) < 4.78 is 10.8. The van der Waals surface area contributed by atoms with Gasteiger partial charge in [-0.1, -0.05) is 29.8 Å². The Morgan fingerprint density at radius 2 is 1.94 bits per heavy atom. The molecule has 0 aliphatic heterocycles. The van der Waals surface area contributed by atoms with Crippen LogP contribution in [0.25, 0.3) is 22.4 Å². The van der Waals surface area contributed by atoms with E-state index in [9.17, 15) is 19.7 Å². The van der Waals surface area contributed by atoms with Crippen molar-refractivity contribution in [2.45, 2.75) is 6.92 Å². The second kappa shape index (κ2) is 9.09. The highest BCUT2D eigenvalue weighted by molar-refractivity contribution is 6.34. The number of furan rings is 1. The molecule has 1 amide bonds. The molecule has 33 heavy (non-hydrogen) atoms. The number of aryl methyl sites for hydroxylation is 1. The minimum absolute atomic E-state index is 0.0117. The van der Waals surface area contributed by atoms with Crippen LogP contribution in [0.15, 0.2) is 65.1 Å². The largest absolute Gasteiger partial charge is 0.460 e. The summed E-state index contributed by atoms with van der Waals surface area (Å²) in [5.74, 6) is -0.175.